The van der Waals surface area contributed by atoms with Crippen LogP contribution in [-0.2, 0) is 0 Å². The molecule has 23 heavy (non-hydrogen) atoms. The average molecular weight is 319 g/mol. The average Bonchev–Trinajstić information content (AvgIpc) is 3.18. The van der Waals surface area contributed by atoms with Crippen molar-refractivity contribution in [1.29, 1.82) is 0 Å². The molecule has 4 N–H and O–H groups in total. The van der Waals surface area contributed by atoms with Gasteiger partial charge in [-0.1, -0.05) is 0 Å². The largest absolute Gasteiger partial charge is 0.389 e. The number of β-amino-alcohol motifs (C(OH)–C–C–N with tert-alkyl or cyclic N) is 2. The van der Waals surface area contributed by atoms with E-state index < -0.39 is 11.2 Å². The second-order valence-electron chi connectivity index (χ2n) is 7.03. The number of anilines is 1. The number of rotatable bonds is 1. The fourth-order valence-electron chi connectivity index (χ4n) is 3.04. The lowest BCUT2D eigenvalue weighted by Gasteiger charge is -2.20. The Bertz CT molecular complexity index is 659. The molecule has 2 fully saturated rings. The van der Waals surface area contributed by atoms with E-state index >= 15 is 0 Å². The highest BCUT2D eigenvalue weighted by molar-refractivity contribution is 5.87. The molecule has 0 aromatic carbocycles. The Morgan fingerprint density at radius 1 is 1.17 bits per heavy atom. The van der Waals surface area contributed by atoms with Crippen LogP contribution in [0.2, 0.25) is 0 Å². The molecule has 0 spiro atoms. The van der Waals surface area contributed by atoms with E-state index in [1.165, 1.54) is 0 Å². The highest BCUT2D eigenvalue weighted by atomic mass is 16.3. The Hall–Kier alpha value is -1.70. The minimum Gasteiger partial charge on any atom is -0.389 e. The van der Waals surface area contributed by atoms with Crippen LogP contribution in [0.15, 0.2) is 18.6 Å². The Labute approximate surface area is 135 Å². The Morgan fingerprint density at radius 2 is 2.00 bits per heavy atom. The Kier molecular flexibility index (Phi) is 4.27. The lowest BCUT2D eigenvalue weighted by atomic mass is 10.1. The quantitative estimate of drug-likeness (QED) is 0.616. The molecule has 0 bridgehead atoms. The summed E-state index contributed by atoms with van der Waals surface area (Å²) < 4.78 is 0. The first-order valence-electron chi connectivity index (χ1n) is 8.05. The van der Waals surface area contributed by atoms with Gasteiger partial charge in [0.25, 0.3) is 0 Å². The molecular weight excluding hydrogens is 294 g/mol. The minimum absolute atomic E-state index is 0.417. The molecule has 4 heterocycles. The number of aromatic nitrogens is 3. The lowest BCUT2D eigenvalue weighted by Crippen LogP contribution is -2.30. The van der Waals surface area contributed by atoms with Crippen molar-refractivity contribution < 1.29 is 10.2 Å². The summed E-state index contributed by atoms with van der Waals surface area (Å²) in [5.41, 5.74) is -0.176. The van der Waals surface area contributed by atoms with Crippen molar-refractivity contribution in [3.05, 3.63) is 18.6 Å². The Balaban J connectivity index is 0.000000188. The van der Waals surface area contributed by atoms with Crippen LogP contribution in [-0.4, -0.2) is 62.5 Å². The minimum atomic E-state index is -0.604. The number of H-pyrrole nitrogens is 1. The van der Waals surface area contributed by atoms with Gasteiger partial charge in [-0.05, 0) is 39.3 Å². The maximum atomic E-state index is 9.96. The van der Waals surface area contributed by atoms with E-state index in [0.29, 0.717) is 6.54 Å². The number of aromatic amines is 1. The maximum Gasteiger partial charge on any atom is 0.142 e. The molecule has 2 aliphatic rings. The molecule has 2 saturated heterocycles. The van der Waals surface area contributed by atoms with E-state index in [9.17, 15) is 5.11 Å². The number of fused-ring (bicyclic) bond motifs is 1. The van der Waals surface area contributed by atoms with Crippen LogP contribution < -0.4 is 10.2 Å². The van der Waals surface area contributed by atoms with Gasteiger partial charge in [0.2, 0.25) is 0 Å². The standard InChI is InChI=1S/C11H14N4O.C5H11NO/c1-11(16)3-5-15(6-11)10-8-2-4-12-9(8)13-7-14-10;1-5(7)2-3-6-4-5/h2,4,7,16H,3,5-6H2,1H3,(H,12,13,14);6-7H,2-4H2,1H3. The number of hydrogen-bond acceptors (Lipinski definition) is 6. The summed E-state index contributed by atoms with van der Waals surface area (Å²) in [6.07, 6.45) is 5.09. The molecule has 4 rings (SSSR count). The predicted molar refractivity (Wildman–Crippen MR) is 89.5 cm³/mol. The molecule has 0 saturated carbocycles. The summed E-state index contributed by atoms with van der Waals surface area (Å²) >= 11 is 0. The van der Waals surface area contributed by atoms with Crippen molar-refractivity contribution in [3.63, 3.8) is 0 Å². The molecule has 126 valence electrons. The van der Waals surface area contributed by atoms with Gasteiger partial charge in [0, 0.05) is 25.8 Å². The van der Waals surface area contributed by atoms with Crippen molar-refractivity contribution in [2.24, 2.45) is 0 Å². The smallest absolute Gasteiger partial charge is 0.142 e. The third-order valence-corrected chi connectivity index (χ3v) is 4.43. The highest BCUT2D eigenvalue weighted by Crippen LogP contribution is 2.29. The van der Waals surface area contributed by atoms with E-state index in [2.05, 4.69) is 25.2 Å². The fourth-order valence-corrected chi connectivity index (χ4v) is 3.04. The van der Waals surface area contributed by atoms with E-state index in [4.69, 9.17) is 5.11 Å². The maximum absolute atomic E-state index is 9.96. The second-order valence-corrected chi connectivity index (χ2v) is 7.03. The Morgan fingerprint density at radius 3 is 2.57 bits per heavy atom. The molecule has 2 aromatic heterocycles. The molecule has 0 aliphatic carbocycles. The topological polar surface area (TPSA) is 97.3 Å². The van der Waals surface area contributed by atoms with Crippen LogP contribution in [0.4, 0.5) is 5.82 Å². The van der Waals surface area contributed by atoms with E-state index in [1.54, 1.807) is 6.33 Å². The fraction of sp³-hybridized carbons (Fsp3) is 0.625. The molecular formula is C16H25N5O2. The van der Waals surface area contributed by atoms with Crippen LogP contribution in [0.5, 0.6) is 0 Å². The van der Waals surface area contributed by atoms with Crippen molar-refractivity contribution in [2.45, 2.75) is 37.9 Å². The van der Waals surface area contributed by atoms with Gasteiger partial charge in [-0.2, -0.15) is 0 Å². The van der Waals surface area contributed by atoms with Crippen LogP contribution in [0.25, 0.3) is 11.0 Å². The molecule has 7 heteroatoms. The summed E-state index contributed by atoms with van der Waals surface area (Å²) in [5.74, 6) is 0.907. The van der Waals surface area contributed by atoms with Crippen LogP contribution >= 0.6 is 0 Å². The van der Waals surface area contributed by atoms with Gasteiger partial charge in [-0.3, -0.25) is 0 Å². The van der Waals surface area contributed by atoms with Gasteiger partial charge in [0.1, 0.15) is 17.8 Å². The molecule has 0 amide bonds. The zero-order valence-corrected chi connectivity index (χ0v) is 13.7. The summed E-state index contributed by atoms with van der Waals surface area (Å²) in [5, 5.41) is 23.2. The first-order valence-corrected chi connectivity index (χ1v) is 8.05. The third kappa shape index (κ3) is 3.80. The number of nitrogens with zero attached hydrogens (tertiary/aromatic N) is 3. The molecule has 7 nitrogen and oxygen atoms in total. The molecule has 2 unspecified atom stereocenters. The number of aliphatic hydroxyl groups is 2. The number of nitrogens with one attached hydrogen (secondary N) is 2. The zero-order valence-electron chi connectivity index (χ0n) is 13.7. The predicted octanol–water partition coefficient (Wildman–Crippen LogP) is 0.650. The monoisotopic (exact) mass is 319 g/mol. The normalized spacial score (nSPS) is 30.5. The summed E-state index contributed by atoms with van der Waals surface area (Å²) in [4.78, 5) is 13.6. The molecule has 2 aromatic rings. The first-order chi connectivity index (χ1) is 10.9. The highest BCUT2D eigenvalue weighted by Gasteiger charge is 2.32. The van der Waals surface area contributed by atoms with Crippen LogP contribution in [0, 0.1) is 0 Å². The molecule has 2 aliphatic heterocycles. The lowest BCUT2D eigenvalue weighted by molar-refractivity contribution is 0.0819. The van der Waals surface area contributed by atoms with Gasteiger partial charge < -0.3 is 25.4 Å². The van der Waals surface area contributed by atoms with Gasteiger partial charge in [-0.15, -0.1) is 0 Å². The SMILES string of the molecule is CC1(O)CCN(c2ncnc3[nH]ccc23)C1.CC1(O)CCNC1. The van der Waals surface area contributed by atoms with Gasteiger partial charge in [-0.25, -0.2) is 9.97 Å². The van der Waals surface area contributed by atoms with E-state index in [-0.39, 0.29) is 0 Å². The number of hydrogen-bond donors (Lipinski definition) is 4. The summed E-state index contributed by atoms with van der Waals surface area (Å²) in [6, 6.07) is 1.97. The molecule has 2 atom stereocenters. The van der Waals surface area contributed by atoms with Gasteiger partial charge in [0.15, 0.2) is 0 Å². The van der Waals surface area contributed by atoms with Crippen molar-refractivity contribution in [1.82, 2.24) is 20.3 Å². The van der Waals surface area contributed by atoms with Crippen molar-refractivity contribution >= 4 is 16.9 Å². The van der Waals surface area contributed by atoms with E-state index in [0.717, 1.165) is 49.3 Å². The van der Waals surface area contributed by atoms with Gasteiger partial charge >= 0.3 is 0 Å². The second kappa shape index (κ2) is 6.07. The molecule has 0 radical (unpaired) electrons. The van der Waals surface area contributed by atoms with Crippen molar-refractivity contribution in [3.8, 4) is 0 Å². The summed E-state index contributed by atoms with van der Waals surface area (Å²) in [7, 11) is 0. The first kappa shape index (κ1) is 16.2. The summed E-state index contributed by atoms with van der Waals surface area (Å²) in [6.45, 7) is 6.91. The van der Waals surface area contributed by atoms with Crippen LogP contribution in [0.1, 0.15) is 26.7 Å². The van der Waals surface area contributed by atoms with E-state index in [1.807, 2.05) is 26.1 Å². The van der Waals surface area contributed by atoms with Crippen molar-refractivity contribution in [2.75, 3.05) is 31.1 Å². The third-order valence-electron chi connectivity index (χ3n) is 4.43. The zero-order chi connectivity index (χ0) is 16.5. The van der Waals surface area contributed by atoms with Crippen LogP contribution in [0.3, 0.4) is 0 Å². The van der Waals surface area contributed by atoms with Gasteiger partial charge in [0.05, 0.1) is 16.6 Å².